The lowest BCUT2D eigenvalue weighted by atomic mass is 9.79. The summed E-state index contributed by atoms with van der Waals surface area (Å²) < 4.78 is 5.73. The largest absolute Gasteiger partial charge is 0.493 e. The molecule has 4 nitrogen and oxygen atoms in total. The molecule has 1 aliphatic carbocycles. The van der Waals surface area contributed by atoms with E-state index in [0.29, 0.717) is 13.2 Å². The number of benzene rings is 1. The fourth-order valence-corrected chi connectivity index (χ4v) is 3.75. The Hall–Kier alpha value is -2.62. The molecule has 0 N–H and O–H groups in total. The number of carbonyl (C=O) groups excluding carboxylic acids is 1. The van der Waals surface area contributed by atoms with Crippen LogP contribution in [0, 0.1) is 5.92 Å². The van der Waals surface area contributed by atoms with E-state index in [2.05, 4.69) is 17.6 Å². The van der Waals surface area contributed by atoms with Crippen LogP contribution in [0.15, 0.2) is 71.0 Å². The molecular weight excluding hydrogens is 300 g/mol. The average Bonchev–Trinajstić information content (AvgIpc) is 3.06. The Bertz CT molecular complexity index is 789. The maximum atomic E-state index is 12.8. The van der Waals surface area contributed by atoms with Crippen LogP contribution in [0.1, 0.15) is 18.9 Å². The molecule has 0 aromatic heterocycles. The third-order valence-corrected chi connectivity index (χ3v) is 4.72. The second-order valence-corrected chi connectivity index (χ2v) is 6.55. The van der Waals surface area contributed by atoms with E-state index in [4.69, 9.17) is 4.74 Å². The molecule has 0 saturated carbocycles. The van der Waals surface area contributed by atoms with Gasteiger partial charge in [0.15, 0.2) is 0 Å². The second kappa shape index (κ2) is 5.78. The van der Waals surface area contributed by atoms with Crippen molar-refractivity contribution in [1.82, 2.24) is 4.90 Å². The number of allylic oxidation sites excluding steroid dienone is 1. The first-order valence-electron chi connectivity index (χ1n) is 8.28. The van der Waals surface area contributed by atoms with Gasteiger partial charge in [-0.25, -0.2) is 4.79 Å². The summed E-state index contributed by atoms with van der Waals surface area (Å²) >= 11 is 0. The highest BCUT2D eigenvalue weighted by molar-refractivity contribution is 6.11. The zero-order valence-electron chi connectivity index (χ0n) is 13.7. The predicted octanol–water partition coefficient (Wildman–Crippen LogP) is 3.72. The van der Waals surface area contributed by atoms with Gasteiger partial charge in [-0.15, -0.1) is 0 Å². The van der Waals surface area contributed by atoms with E-state index in [0.717, 1.165) is 29.0 Å². The van der Waals surface area contributed by atoms with E-state index in [-0.39, 0.29) is 18.0 Å². The minimum atomic E-state index is -0.188. The Morgan fingerprint density at radius 2 is 2.17 bits per heavy atom. The number of hydrogen-bond acceptors (Lipinski definition) is 2. The molecule has 4 heteroatoms. The van der Waals surface area contributed by atoms with Crippen molar-refractivity contribution in [3.05, 3.63) is 71.5 Å². The fraction of sp³-hybridized carbons (Fsp3) is 0.300. The monoisotopic (exact) mass is 320 g/mol. The van der Waals surface area contributed by atoms with Gasteiger partial charge in [0, 0.05) is 18.9 Å². The topological polar surface area (TPSA) is 41.9 Å². The molecule has 1 aromatic rings. The summed E-state index contributed by atoms with van der Waals surface area (Å²) in [5.41, 5.74) is 4.01. The fourth-order valence-electron chi connectivity index (χ4n) is 3.75. The normalized spacial score (nSPS) is 25.1. The highest BCUT2D eigenvalue weighted by Crippen LogP contribution is 2.39. The molecule has 2 heterocycles. The lowest BCUT2D eigenvalue weighted by Crippen LogP contribution is -2.52. The van der Waals surface area contributed by atoms with E-state index in [1.165, 1.54) is 5.57 Å². The van der Waals surface area contributed by atoms with Crippen molar-refractivity contribution in [3.63, 3.8) is 0 Å². The van der Waals surface area contributed by atoms with E-state index in [9.17, 15) is 4.79 Å². The molecule has 0 spiro atoms. The Morgan fingerprint density at radius 1 is 1.38 bits per heavy atom. The van der Waals surface area contributed by atoms with E-state index < -0.39 is 0 Å². The van der Waals surface area contributed by atoms with Crippen LogP contribution in [-0.4, -0.2) is 35.8 Å². The number of urea groups is 1. The lowest BCUT2D eigenvalue weighted by Gasteiger charge is -2.41. The maximum absolute atomic E-state index is 12.8. The van der Waals surface area contributed by atoms with Crippen molar-refractivity contribution in [2.75, 3.05) is 13.2 Å². The van der Waals surface area contributed by atoms with Gasteiger partial charge < -0.3 is 9.64 Å². The smallest absolute Gasteiger partial charge is 0.344 e. The van der Waals surface area contributed by atoms with Crippen LogP contribution in [0.2, 0.25) is 0 Å². The standard InChI is InChI=1S/C20H20N2O2/c1-13(2)12-22-19-15-10-11-24-17(15)9-8-16(19)18(21-20(22)23)14-6-4-3-5-7-14/h3-9,16,19H,1,10-12H2,2H3. The van der Waals surface area contributed by atoms with Crippen LogP contribution in [-0.2, 0) is 4.74 Å². The van der Waals surface area contributed by atoms with Gasteiger partial charge >= 0.3 is 6.03 Å². The van der Waals surface area contributed by atoms with E-state index in [1.54, 1.807) is 0 Å². The van der Waals surface area contributed by atoms with Crippen LogP contribution >= 0.6 is 0 Å². The first-order chi connectivity index (χ1) is 11.6. The van der Waals surface area contributed by atoms with Crippen LogP contribution in [0.25, 0.3) is 0 Å². The highest BCUT2D eigenvalue weighted by atomic mass is 16.5. The van der Waals surface area contributed by atoms with Gasteiger partial charge in [0.2, 0.25) is 0 Å². The van der Waals surface area contributed by atoms with Gasteiger partial charge in [-0.1, -0.05) is 48.6 Å². The summed E-state index contributed by atoms with van der Waals surface area (Å²) in [7, 11) is 0. The Morgan fingerprint density at radius 3 is 2.92 bits per heavy atom. The summed E-state index contributed by atoms with van der Waals surface area (Å²) in [6, 6.07) is 9.75. The number of ether oxygens (including phenoxy) is 1. The molecule has 0 saturated heterocycles. The number of rotatable bonds is 3. The third-order valence-electron chi connectivity index (χ3n) is 4.72. The molecule has 0 radical (unpaired) electrons. The number of carbonyl (C=O) groups is 1. The molecule has 2 amide bonds. The predicted molar refractivity (Wildman–Crippen MR) is 93.9 cm³/mol. The van der Waals surface area contributed by atoms with Crippen molar-refractivity contribution in [2.24, 2.45) is 10.9 Å². The van der Waals surface area contributed by atoms with Crippen molar-refractivity contribution < 1.29 is 9.53 Å². The van der Waals surface area contributed by atoms with Crippen LogP contribution in [0.3, 0.4) is 0 Å². The zero-order chi connectivity index (χ0) is 16.7. The van der Waals surface area contributed by atoms with Gasteiger partial charge in [0.25, 0.3) is 0 Å². The van der Waals surface area contributed by atoms with Gasteiger partial charge in [-0.3, -0.25) is 0 Å². The summed E-state index contributed by atoms with van der Waals surface area (Å²) in [6.07, 6.45) is 5.03. The minimum absolute atomic E-state index is 0.0237. The highest BCUT2D eigenvalue weighted by Gasteiger charge is 2.43. The van der Waals surface area contributed by atoms with E-state index >= 15 is 0 Å². The summed E-state index contributed by atoms with van der Waals surface area (Å²) in [5, 5.41) is 0. The van der Waals surface area contributed by atoms with Gasteiger partial charge in [-0.05, 0) is 24.1 Å². The average molecular weight is 320 g/mol. The molecule has 2 unspecified atom stereocenters. The molecule has 3 aliphatic rings. The third kappa shape index (κ3) is 2.39. The first kappa shape index (κ1) is 14.9. The van der Waals surface area contributed by atoms with Crippen LogP contribution in [0.5, 0.6) is 0 Å². The molecule has 0 bridgehead atoms. The summed E-state index contributed by atoms with van der Waals surface area (Å²) in [6.45, 7) is 7.13. The number of amides is 2. The van der Waals surface area contributed by atoms with Gasteiger partial charge in [-0.2, -0.15) is 4.99 Å². The van der Waals surface area contributed by atoms with Crippen molar-refractivity contribution in [3.8, 4) is 0 Å². The van der Waals surface area contributed by atoms with Crippen LogP contribution < -0.4 is 0 Å². The van der Waals surface area contributed by atoms with Crippen molar-refractivity contribution >= 4 is 11.7 Å². The Labute approximate surface area is 141 Å². The van der Waals surface area contributed by atoms with Gasteiger partial charge in [0.05, 0.1) is 18.4 Å². The zero-order valence-corrected chi connectivity index (χ0v) is 13.7. The number of hydrogen-bond donors (Lipinski definition) is 0. The molecule has 1 aromatic carbocycles. The summed E-state index contributed by atoms with van der Waals surface area (Å²) in [4.78, 5) is 19.0. The molecular formula is C20H20N2O2. The van der Waals surface area contributed by atoms with Gasteiger partial charge in [0.1, 0.15) is 5.76 Å². The molecule has 2 aliphatic heterocycles. The summed E-state index contributed by atoms with van der Waals surface area (Å²) in [5.74, 6) is 0.981. The number of aliphatic imine (C=N–C) groups is 1. The minimum Gasteiger partial charge on any atom is -0.493 e. The molecule has 24 heavy (non-hydrogen) atoms. The molecule has 4 rings (SSSR count). The molecule has 122 valence electrons. The molecule has 2 atom stereocenters. The van der Waals surface area contributed by atoms with Crippen molar-refractivity contribution in [2.45, 2.75) is 19.4 Å². The number of fused-ring (bicyclic) bond motifs is 2. The van der Waals surface area contributed by atoms with E-state index in [1.807, 2.05) is 48.2 Å². The quantitative estimate of drug-likeness (QED) is 0.797. The lowest BCUT2D eigenvalue weighted by molar-refractivity contribution is 0.187. The second-order valence-electron chi connectivity index (χ2n) is 6.55. The molecule has 0 fully saturated rings. The van der Waals surface area contributed by atoms with Crippen molar-refractivity contribution in [1.29, 1.82) is 0 Å². The number of nitrogens with zero attached hydrogens (tertiary/aromatic N) is 2. The first-order valence-corrected chi connectivity index (χ1v) is 8.28. The Balaban J connectivity index is 1.82. The maximum Gasteiger partial charge on any atom is 0.344 e. The SMILES string of the molecule is C=C(C)CN1C(=O)N=C(c2ccccc2)C2C=CC3=C(CCO3)C21. The Kier molecular flexibility index (Phi) is 3.60. The van der Waals surface area contributed by atoms with Crippen LogP contribution in [0.4, 0.5) is 4.79 Å².